The van der Waals surface area contributed by atoms with Crippen molar-refractivity contribution in [3.05, 3.63) is 34.6 Å². The van der Waals surface area contributed by atoms with E-state index in [0.29, 0.717) is 24.6 Å². The van der Waals surface area contributed by atoms with Crippen molar-refractivity contribution >= 4 is 11.6 Å². The maximum Gasteiger partial charge on any atom is 0.124 e. The number of halogens is 2. The van der Waals surface area contributed by atoms with Crippen LogP contribution in [0.15, 0.2) is 18.2 Å². The van der Waals surface area contributed by atoms with E-state index in [1.807, 2.05) is 6.92 Å². The van der Waals surface area contributed by atoms with E-state index >= 15 is 0 Å². The number of aliphatic hydroxyl groups is 1. The summed E-state index contributed by atoms with van der Waals surface area (Å²) in [4.78, 5) is 0. The number of nitrogens with one attached hydrogen (secondary N) is 1. The smallest absolute Gasteiger partial charge is 0.124 e. The largest absolute Gasteiger partial charge is 0.396 e. The van der Waals surface area contributed by atoms with Gasteiger partial charge in [0, 0.05) is 30.8 Å². The Hall–Kier alpha value is -0.680. The third-order valence-corrected chi connectivity index (χ3v) is 3.20. The van der Waals surface area contributed by atoms with E-state index in [1.165, 1.54) is 12.1 Å². The first-order valence-corrected chi connectivity index (χ1v) is 6.17. The first-order valence-electron chi connectivity index (χ1n) is 5.79. The fourth-order valence-electron chi connectivity index (χ4n) is 1.75. The van der Waals surface area contributed by atoms with Gasteiger partial charge in [-0.15, -0.1) is 0 Å². The number of benzene rings is 1. The molecule has 18 heavy (non-hydrogen) atoms. The molecule has 0 aliphatic carbocycles. The second-order valence-corrected chi connectivity index (χ2v) is 4.96. The second-order valence-electron chi connectivity index (χ2n) is 4.56. The number of methoxy groups -OCH3 is 1. The quantitative estimate of drug-likeness (QED) is 0.803. The molecule has 1 atom stereocenters. The fraction of sp³-hybridized carbons (Fsp3) is 0.538. The molecule has 3 nitrogen and oxygen atoms in total. The fourth-order valence-corrected chi connectivity index (χ4v) is 1.98. The SMILES string of the molecule is COC[C@@](C)(CCO)NCc1ccc(F)cc1Cl. The van der Waals surface area contributed by atoms with Gasteiger partial charge in [0.15, 0.2) is 0 Å². The highest BCUT2D eigenvalue weighted by molar-refractivity contribution is 6.31. The van der Waals surface area contributed by atoms with Gasteiger partial charge in [-0.1, -0.05) is 17.7 Å². The van der Waals surface area contributed by atoms with Crippen LogP contribution in [-0.2, 0) is 11.3 Å². The van der Waals surface area contributed by atoms with E-state index in [9.17, 15) is 4.39 Å². The number of aliphatic hydroxyl groups excluding tert-OH is 1. The van der Waals surface area contributed by atoms with Gasteiger partial charge in [-0.05, 0) is 31.0 Å². The molecule has 0 amide bonds. The predicted molar refractivity (Wildman–Crippen MR) is 70.2 cm³/mol. The summed E-state index contributed by atoms with van der Waals surface area (Å²) in [5.74, 6) is -0.348. The highest BCUT2D eigenvalue weighted by Gasteiger charge is 2.23. The van der Waals surface area contributed by atoms with Crippen LogP contribution < -0.4 is 5.32 Å². The minimum atomic E-state index is -0.348. The van der Waals surface area contributed by atoms with Crippen LogP contribution in [0.2, 0.25) is 5.02 Å². The lowest BCUT2D eigenvalue weighted by Gasteiger charge is -2.29. The van der Waals surface area contributed by atoms with Crippen molar-refractivity contribution in [1.82, 2.24) is 5.32 Å². The van der Waals surface area contributed by atoms with Crippen LogP contribution >= 0.6 is 11.6 Å². The lowest BCUT2D eigenvalue weighted by molar-refractivity contribution is 0.0970. The van der Waals surface area contributed by atoms with Gasteiger partial charge < -0.3 is 15.2 Å². The van der Waals surface area contributed by atoms with Crippen LogP contribution in [0.5, 0.6) is 0 Å². The van der Waals surface area contributed by atoms with Crippen LogP contribution in [0, 0.1) is 5.82 Å². The number of rotatable bonds is 7. The average molecular weight is 276 g/mol. The molecule has 1 aromatic carbocycles. The molecule has 0 aromatic heterocycles. The van der Waals surface area contributed by atoms with Crippen LogP contribution in [0.4, 0.5) is 4.39 Å². The maximum absolute atomic E-state index is 12.9. The van der Waals surface area contributed by atoms with Gasteiger partial charge in [-0.3, -0.25) is 0 Å². The van der Waals surface area contributed by atoms with Crippen LogP contribution in [0.3, 0.4) is 0 Å². The van der Waals surface area contributed by atoms with Crippen LogP contribution in [0.1, 0.15) is 18.9 Å². The molecule has 0 heterocycles. The van der Waals surface area contributed by atoms with E-state index in [1.54, 1.807) is 13.2 Å². The summed E-state index contributed by atoms with van der Waals surface area (Å²) < 4.78 is 18.0. The minimum Gasteiger partial charge on any atom is -0.396 e. The predicted octanol–water partition coefficient (Wildman–Crippen LogP) is 2.36. The van der Waals surface area contributed by atoms with Crippen molar-refractivity contribution in [2.24, 2.45) is 0 Å². The molecule has 0 unspecified atom stereocenters. The lowest BCUT2D eigenvalue weighted by Crippen LogP contribution is -2.46. The average Bonchev–Trinajstić information content (AvgIpc) is 2.28. The molecule has 5 heteroatoms. The molecule has 1 rings (SSSR count). The molecule has 0 radical (unpaired) electrons. The summed E-state index contributed by atoms with van der Waals surface area (Å²) in [6.07, 6.45) is 0.569. The molecule has 0 aliphatic rings. The van der Waals surface area contributed by atoms with Crippen molar-refractivity contribution in [3.63, 3.8) is 0 Å². The first kappa shape index (κ1) is 15.4. The Labute approximate surface area is 112 Å². The summed E-state index contributed by atoms with van der Waals surface area (Å²) in [6.45, 7) is 3.01. The molecule has 0 aliphatic heterocycles. The summed E-state index contributed by atoms with van der Waals surface area (Å²) in [6, 6.07) is 4.32. The van der Waals surface area contributed by atoms with Crippen molar-refractivity contribution in [3.8, 4) is 0 Å². The Bertz CT molecular complexity index is 381. The second kappa shape index (κ2) is 7.04. The first-order chi connectivity index (χ1) is 8.50. The minimum absolute atomic E-state index is 0.0734. The van der Waals surface area contributed by atoms with Crippen molar-refractivity contribution in [2.45, 2.75) is 25.4 Å². The highest BCUT2D eigenvalue weighted by atomic mass is 35.5. The van der Waals surface area contributed by atoms with Gasteiger partial charge in [-0.2, -0.15) is 0 Å². The topological polar surface area (TPSA) is 41.5 Å². The molecule has 0 saturated heterocycles. The van der Waals surface area contributed by atoms with Crippen molar-refractivity contribution in [1.29, 1.82) is 0 Å². The van der Waals surface area contributed by atoms with Crippen molar-refractivity contribution < 1.29 is 14.2 Å². The van der Waals surface area contributed by atoms with Gasteiger partial charge in [0.1, 0.15) is 5.82 Å². The van der Waals surface area contributed by atoms with E-state index in [4.69, 9.17) is 21.4 Å². The monoisotopic (exact) mass is 275 g/mol. The molecule has 0 fully saturated rings. The lowest BCUT2D eigenvalue weighted by atomic mass is 9.99. The zero-order chi connectivity index (χ0) is 13.6. The molecule has 0 bridgehead atoms. The van der Waals surface area contributed by atoms with Gasteiger partial charge >= 0.3 is 0 Å². The molecule has 2 N–H and O–H groups in total. The summed E-state index contributed by atoms with van der Waals surface area (Å²) in [5, 5.41) is 12.7. The van der Waals surface area contributed by atoms with E-state index in [0.717, 1.165) is 5.56 Å². The number of hydrogen-bond donors (Lipinski definition) is 2. The van der Waals surface area contributed by atoms with E-state index in [2.05, 4.69) is 5.32 Å². The maximum atomic E-state index is 12.9. The number of ether oxygens (including phenoxy) is 1. The van der Waals surface area contributed by atoms with Crippen LogP contribution in [0.25, 0.3) is 0 Å². The van der Waals surface area contributed by atoms with Gasteiger partial charge in [-0.25, -0.2) is 4.39 Å². The number of hydrogen-bond acceptors (Lipinski definition) is 3. The van der Waals surface area contributed by atoms with E-state index in [-0.39, 0.29) is 18.0 Å². The summed E-state index contributed by atoms with van der Waals surface area (Å²) in [5.41, 5.74) is 0.486. The van der Waals surface area contributed by atoms with Gasteiger partial charge in [0.25, 0.3) is 0 Å². The zero-order valence-corrected chi connectivity index (χ0v) is 11.4. The molecular formula is C13H19ClFNO2. The molecular weight excluding hydrogens is 257 g/mol. The normalized spacial score (nSPS) is 14.5. The van der Waals surface area contributed by atoms with Gasteiger partial charge in [0.05, 0.1) is 6.61 Å². The molecule has 102 valence electrons. The van der Waals surface area contributed by atoms with E-state index < -0.39 is 0 Å². The Morgan fingerprint density at radius 1 is 1.50 bits per heavy atom. The molecule has 0 saturated carbocycles. The van der Waals surface area contributed by atoms with Crippen molar-refractivity contribution in [2.75, 3.05) is 20.3 Å². The standard InChI is InChI=1S/C13H19ClFNO2/c1-13(5-6-17,9-18-2)16-8-10-3-4-11(15)7-12(10)14/h3-4,7,16-17H,5-6,8-9H2,1-2H3/t13-/m1/s1. The van der Waals surface area contributed by atoms with Crippen LogP contribution in [-0.4, -0.2) is 31.0 Å². The molecule has 0 spiro atoms. The Kier molecular flexibility index (Phi) is 6.02. The third kappa shape index (κ3) is 4.53. The zero-order valence-electron chi connectivity index (χ0n) is 10.7. The Morgan fingerprint density at radius 2 is 2.22 bits per heavy atom. The summed E-state index contributed by atoms with van der Waals surface area (Å²) in [7, 11) is 1.61. The van der Waals surface area contributed by atoms with Gasteiger partial charge in [0.2, 0.25) is 0 Å². The Balaban J connectivity index is 2.66. The Morgan fingerprint density at radius 3 is 2.78 bits per heavy atom. The highest BCUT2D eigenvalue weighted by Crippen LogP contribution is 2.19. The summed E-state index contributed by atoms with van der Waals surface area (Å²) >= 11 is 5.95. The third-order valence-electron chi connectivity index (χ3n) is 2.85. The molecule has 1 aromatic rings.